The molecular weight excluding hydrogens is 295 g/mol. The van der Waals surface area contributed by atoms with Crippen LogP contribution in [0.5, 0.6) is 5.75 Å². The van der Waals surface area contributed by atoms with Crippen LogP contribution < -0.4 is 4.74 Å². The quantitative estimate of drug-likeness (QED) is 0.844. The fraction of sp³-hybridized carbons (Fsp3) is 0.0625. The summed E-state index contributed by atoms with van der Waals surface area (Å²) in [4.78, 5) is 10.4. The van der Waals surface area contributed by atoms with Crippen LogP contribution in [0.25, 0.3) is 6.08 Å². The smallest absolute Gasteiger partial charge is 0.328 e. The van der Waals surface area contributed by atoms with Gasteiger partial charge >= 0.3 is 5.97 Å². The third-order valence-electron chi connectivity index (χ3n) is 2.68. The van der Waals surface area contributed by atoms with Crippen molar-refractivity contribution in [3.05, 3.63) is 70.5 Å². The van der Waals surface area contributed by atoms with Gasteiger partial charge in [0.15, 0.2) is 0 Å². The molecule has 5 heteroatoms. The molecule has 2 aromatic rings. The summed E-state index contributed by atoms with van der Waals surface area (Å²) >= 11 is 6.07. The highest BCUT2D eigenvalue weighted by molar-refractivity contribution is 6.32. The monoisotopic (exact) mass is 306 g/mol. The van der Waals surface area contributed by atoms with Crippen molar-refractivity contribution in [3.8, 4) is 5.75 Å². The van der Waals surface area contributed by atoms with Crippen molar-refractivity contribution in [2.24, 2.45) is 0 Å². The predicted molar refractivity (Wildman–Crippen MR) is 78.9 cm³/mol. The van der Waals surface area contributed by atoms with E-state index < -0.39 is 5.97 Å². The van der Waals surface area contributed by atoms with Crippen LogP contribution in [0.3, 0.4) is 0 Å². The Hall–Kier alpha value is -2.33. The lowest BCUT2D eigenvalue weighted by Gasteiger charge is -2.08. The van der Waals surface area contributed by atoms with Crippen LogP contribution in [-0.2, 0) is 11.4 Å². The molecule has 0 atom stereocenters. The van der Waals surface area contributed by atoms with Crippen molar-refractivity contribution in [1.82, 2.24) is 0 Å². The Balaban J connectivity index is 2.04. The maximum absolute atomic E-state index is 12.8. The molecule has 21 heavy (non-hydrogen) atoms. The lowest BCUT2D eigenvalue weighted by atomic mass is 10.2. The van der Waals surface area contributed by atoms with Crippen LogP contribution in [0.15, 0.2) is 48.5 Å². The second-order valence-corrected chi connectivity index (χ2v) is 4.68. The Morgan fingerprint density at radius 1 is 1.24 bits per heavy atom. The Morgan fingerprint density at radius 2 is 1.95 bits per heavy atom. The predicted octanol–water partition coefficient (Wildman–Crippen LogP) is 4.16. The van der Waals surface area contributed by atoms with Gasteiger partial charge in [0, 0.05) is 6.08 Å². The maximum Gasteiger partial charge on any atom is 0.328 e. The highest BCUT2D eigenvalue weighted by Crippen LogP contribution is 2.26. The lowest BCUT2D eigenvalue weighted by Crippen LogP contribution is -1.96. The highest BCUT2D eigenvalue weighted by atomic mass is 35.5. The zero-order valence-corrected chi connectivity index (χ0v) is 11.7. The molecule has 2 rings (SSSR count). The average molecular weight is 307 g/mol. The molecule has 0 radical (unpaired) electrons. The third-order valence-corrected chi connectivity index (χ3v) is 2.98. The summed E-state index contributed by atoms with van der Waals surface area (Å²) in [6.45, 7) is 0.268. The minimum atomic E-state index is -1.03. The number of carbonyl (C=O) groups is 1. The van der Waals surface area contributed by atoms with Gasteiger partial charge < -0.3 is 9.84 Å². The topological polar surface area (TPSA) is 46.5 Å². The first-order valence-corrected chi connectivity index (χ1v) is 6.50. The van der Waals surface area contributed by atoms with E-state index in [2.05, 4.69) is 0 Å². The van der Waals surface area contributed by atoms with E-state index in [0.717, 1.165) is 11.6 Å². The number of hydrogen-bond acceptors (Lipinski definition) is 2. The van der Waals surface area contributed by atoms with Crippen LogP contribution in [0.1, 0.15) is 11.1 Å². The van der Waals surface area contributed by atoms with Crippen LogP contribution in [-0.4, -0.2) is 11.1 Å². The van der Waals surface area contributed by atoms with E-state index in [0.29, 0.717) is 16.3 Å². The first-order chi connectivity index (χ1) is 10.0. The van der Waals surface area contributed by atoms with E-state index in [1.54, 1.807) is 30.3 Å². The fourth-order valence-corrected chi connectivity index (χ4v) is 1.89. The molecular formula is C16H12ClFO3. The number of rotatable bonds is 5. The van der Waals surface area contributed by atoms with Gasteiger partial charge in [0.1, 0.15) is 18.2 Å². The second kappa shape index (κ2) is 6.90. The molecule has 108 valence electrons. The summed E-state index contributed by atoms with van der Waals surface area (Å²) in [7, 11) is 0. The Kier molecular flexibility index (Phi) is 4.95. The van der Waals surface area contributed by atoms with Gasteiger partial charge in [-0.25, -0.2) is 9.18 Å². The van der Waals surface area contributed by atoms with E-state index >= 15 is 0 Å². The molecule has 0 fully saturated rings. The lowest BCUT2D eigenvalue weighted by molar-refractivity contribution is -0.131. The summed E-state index contributed by atoms with van der Waals surface area (Å²) in [6, 6.07) is 11.0. The Labute approximate surface area is 126 Å². The maximum atomic E-state index is 12.8. The van der Waals surface area contributed by atoms with Gasteiger partial charge in [0.2, 0.25) is 0 Å². The second-order valence-electron chi connectivity index (χ2n) is 4.28. The number of carboxylic acids is 1. The average Bonchev–Trinajstić information content (AvgIpc) is 2.46. The first kappa shape index (κ1) is 15.1. The molecule has 0 unspecified atom stereocenters. The van der Waals surface area contributed by atoms with Crippen molar-refractivity contribution in [1.29, 1.82) is 0 Å². The van der Waals surface area contributed by atoms with E-state index in [9.17, 15) is 9.18 Å². The van der Waals surface area contributed by atoms with E-state index in [1.165, 1.54) is 18.2 Å². The van der Waals surface area contributed by atoms with Gasteiger partial charge in [-0.05, 0) is 41.5 Å². The minimum absolute atomic E-state index is 0.268. The van der Waals surface area contributed by atoms with Crippen molar-refractivity contribution < 1.29 is 19.0 Å². The SMILES string of the molecule is O=C(O)/C=C/c1ccc(OCc2ccc(F)cc2)c(Cl)c1. The number of ether oxygens (including phenoxy) is 1. The fourth-order valence-electron chi connectivity index (χ4n) is 1.65. The normalized spacial score (nSPS) is 10.8. The van der Waals surface area contributed by atoms with Crippen LogP contribution in [0, 0.1) is 5.82 Å². The molecule has 2 aromatic carbocycles. The molecule has 0 aliphatic rings. The standard InChI is InChI=1S/C16H12ClFO3/c17-14-9-11(4-8-16(19)20)3-7-15(14)21-10-12-1-5-13(18)6-2-12/h1-9H,10H2,(H,19,20)/b8-4+. The molecule has 0 saturated carbocycles. The Bertz CT molecular complexity index is 666. The first-order valence-electron chi connectivity index (χ1n) is 6.12. The highest BCUT2D eigenvalue weighted by Gasteiger charge is 2.03. The molecule has 0 amide bonds. The molecule has 3 nitrogen and oxygen atoms in total. The van der Waals surface area contributed by atoms with Crippen molar-refractivity contribution in [3.63, 3.8) is 0 Å². The van der Waals surface area contributed by atoms with Crippen LogP contribution >= 0.6 is 11.6 Å². The molecule has 0 bridgehead atoms. The summed E-state index contributed by atoms with van der Waals surface area (Å²) in [5, 5.41) is 8.94. The zero-order valence-electron chi connectivity index (χ0n) is 10.9. The summed E-state index contributed by atoms with van der Waals surface area (Å²) in [6.07, 6.45) is 2.47. The third kappa shape index (κ3) is 4.61. The van der Waals surface area contributed by atoms with E-state index in [-0.39, 0.29) is 12.4 Å². The zero-order chi connectivity index (χ0) is 15.2. The summed E-state index contributed by atoms with van der Waals surface area (Å²) < 4.78 is 18.3. The number of hydrogen-bond donors (Lipinski definition) is 1. The minimum Gasteiger partial charge on any atom is -0.487 e. The largest absolute Gasteiger partial charge is 0.487 e. The number of benzene rings is 2. The van der Waals surface area contributed by atoms with Gasteiger partial charge in [0.05, 0.1) is 5.02 Å². The van der Waals surface area contributed by atoms with E-state index in [4.69, 9.17) is 21.4 Å². The molecule has 0 aliphatic carbocycles. The number of carboxylic acid groups (broad SMARTS) is 1. The van der Waals surface area contributed by atoms with Gasteiger partial charge in [-0.2, -0.15) is 0 Å². The van der Waals surface area contributed by atoms with Gasteiger partial charge in [-0.15, -0.1) is 0 Å². The van der Waals surface area contributed by atoms with Gasteiger partial charge in [-0.1, -0.05) is 29.8 Å². The van der Waals surface area contributed by atoms with Crippen LogP contribution in [0.4, 0.5) is 4.39 Å². The van der Waals surface area contributed by atoms with E-state index in [1.807, 2.05) is 0 Å². The van der Waals surface area contributed by atoms with Crippen molar-refractivity contribution in [2.45, 2.75) is 6.61 Å². The van der Waals surface area contributed by atoms with Crippen molar-refractivity contribution in [2.75, 3.05) is 0 Å². The summed E-state index contributed by atoms with van der Waals surface area (Å²) in [5.41, 5.74) is 1.49. The molecule has 0 aliphatic heterocycles. The van der Waals surface area contributed by atoms with Gasteiger partial charge in [-0.3, -0.25) is 0 Å². The number of aliphatic carboxylic acids is 1. The van der Waals surface area contributed by atoms with Gasteiger partial charge in [0.25, 0.3) is 0 Å². The summed E-state index contributed by atoms with van der Waals surface area (Å²) in [5.74, 6) is -0.845. The molecule has 0 saturated heterocycles. The molecule has 1 N–H and O–H groups in total. The van der Waals surface area contributed by atoms with Crippen LogP contribution in [0.2, 0.25) is 5.02 Å². The molecule has 0 aromatic heterocycles. The number of halogens is 2. The molecule has 0 spiro atoms. The van der Waals surface area contributed by atoms with Crippen molar-refractivity contribution >= 4 is 23.6 Å². The molecule has 0 heterocycles. The Morgan fingerprint density at radius 3 is 2.57 bits per heavy atom.